The number of nitriles is 3. The van der Waals surface area contributed by atoms with Crippen molar-refractivity contribution in [3.8, 4) is 40.7 Å². The van der Waals surface area contributed by atoms with E-state index in [-0.39, 0.29) is 0 Å². The van der Waals surface area contributed by atoms with Crippen molar-refractivity contribution in [1.29, 1.82) is 15.8 Å². The molecule has 8 aromatic rings. The lowest BCUT2D eigenvalue weighted by Crippen LogP contribution is -2.05. The Morgan fingerprint density at radius 3 is 1.42 bits per heavy atom. The maximum atomic E-state index is 9.90. The van der Waals surface area contributed by atoms with Crippen LogP contribution in [0.15, 0.2) is 109 Å². The molecule has 0 aliphatic carbocycles. The molecular formula is C40H18N8. The van der Waals surface area contributed by atoms with Gasteiger partial charge in [-0.1, -0.05) is 24.3 Å². The second kappa shape index (κ2) is 10.7. The van der Waals surface area contributed by atoms with Crippen LogP contribution in [0.3, 0.4) is 0 Å². The highest BCUT2D eigenvalue weighted by atomic mass is 15.0. The van der Waals surface area contributed by atoms with Crippen LogP contribution in [0.4, 0.5) is 11.4 Å². The summed E-state index contributed by atoms with van der Waals surface area (Å²) in [6.07, 6.45) is 3.58. The third-order valence-corrected chi connectivity index (χ3v) is 8.68. The summed E-state index contributed by atoms with van der Waals surface area (Å²) in [5, 5.41) is 32.7. The molecule has 0 aliphatic heterocycles. The summed E-state index contributed by atoms with van der Waals surface area (Å²) in [6, 6.07) is 36.2. The van der Waals surface area contributed by atoms with Gasteiger partial charge in [0, 0.05) is 16.3 Å². The molecule has 0 radical (unpaired) electrons. The first-order valence-corrected chi connectivity index (χ1v) is 14.8. The topological polar surface area (TPSA) is 103 Å². The quantitative estimate of drug-likeness (QED) is 0.186. The van der Waals surface area contributed by atoms with Gasteiger partial charge in [-0.05, 0) is 89.1 Å². The van der Waals surface area contributed by atoms with Gasteiger partial charge in [0.2, 0.25) is 0 Å². The van der Waals surface area contributed by atoms with Gasteiger partial charge in [0.05, 0.1) is 93.9 Å². The number of pyridine rings is 1. The molecule has 0 bridgehead atoms. The molecule has 0 amide bonds. The monoisotopic (exact) mass is 610 g/mol. The molecule has 8 heteroatoms. The molecule has 0 N–H and O–H groups in total. The lowest BCUT2D eigenvalue weighted by molar-refractivity contribution is 1.09. The Hall–Kier alpha value is -7.70. The van der Waals surface area contributed by atoms with Crippen molar-refractivity contribution in [2.24, 2.45) is 0 Å². The van der Waals surface area contributed by atoms with Gasteiger partial charge in [-0.15, -0.1) is 0 Å². The molecular weight excluding hydrogens is 592 g/mol. The van der Waals surface area contributed by atoms with E-state index in [9.17, 15) is 15.8 Å². The Morgan fingerprint density at radius 1 is 0.521 bits per heavy atom. The average Bonchev–Trinajstić information content (AvgIpc) is 3.65. The predicted molar refractivity (Wildman–Crippen MR) is 185 cm³/mol. The first-order valence-electron chi connectivity index (χ1n) is 14.8. The Kier molecular flexibility index (Phi) is 6.22. The molecule has 0 atom stereocenters. The number of rotatable bonds is 3. The van der Waals surface area contributed by atoms with Crippen LogP contribution in [-0.2, 0) is 0 Å². The lowest BCUT2D eigenvalue weighted by atomic mass is 10.0. The zero-order valence-electron chi connectivity index (χ0n) is 25.0. The third-order valence-electron chi connectivity index (χ3n) is 8.68. The molecule has 8 nitrogen and oxygen atoms in total. The standard InChI is InChI=1S/C40H18N8/c1-44-28-8-12-36-32(17-28)33-18-29(45-2)9-13-37(33)48(36)39-23-46-22-38(40(39)27-5-3-4-24(14-27)19-41)47-34-10-6-25(20-42)15-30(34)31-16-26(21-43)7-11-35(31)47/h3-18,22-23H. The maximum absolute atomic E-state index is 9.90. The van der Waals surface area contributed by atoms with Gasteiger partial charge in [-0.25, -0.2) is 9.69 Å². The minimum atomic E-state index is 0.488. The van der Waals surface area contributed by atoms with Crippen LogP contribution in [0.2, 0.25) is 0 Å². The first-order chi connectivity index (χ1) is 23.6. The van der Waals surface area contributed by atoms with Gasteiger partial charge < -0.3 is 9.13 Å². The Bertz CT molecular complexity index is 2600. The minimum absolute atomic E-state index is 0.488. The highest BCUT2D eigenvalue weighted by Crippen LogP contribution is 2.43. The summed E-state index contributed by atoms with van der Waals surface area (Å²) in [4.78, 5) is 12.1. The fourth-order valence-corrected chi connectivity index (χ4v) is 6.64. The summed E-state index contributed by atoms with van der Waals surface area (Å²) in [5.74, 6) is 0. The van der Waals surface area contributed by atoms with Crippen LogP contribution in [0.1, 0.15) is 16.7 Å². The highest BCUT2D eigenvalue weighted by Gasteiger charge is 2.23. The second-order valence-corrected chi connectivity index (χ2v) is 11.2. The van der Waals surface area contributed by atoms with E-state index in [1.165, 1.54) is 0 Å². The van der Waals surface area contributed by atoms with Crippen molar-refractivity contribution in [3.05, 3.63) is 149 Å². The summed E-state index contributed by atoms with van der Waals surface area (Å²) < 4.78 is 4.17. The lowest BCUT2D eigenvalue weighted by Gasteiger charge is -2.19. The van der Waals surface area contributed by atoms with Crippen LogP contribution >= 0.6 is 0 Å². The van der Waals surface area contributed by atoms with Crippen LogP contribution in [0, 0.1) is 47.1 Å². The van der Waals surface area contributed by atoms with Gasteiger partial charge in [0.25, 0.3) is 0 Å². The van der Waals surface area contributed by atoms with E-state index in [0.29, 0.717) is 28.1 Å². The third kappa shape index (κ3) is 4.08. The Balaban J connectivity index is 1.56. The second-order valence-electron chi connectivity index (χ2n) is 11.2. The molecule has 3 heterocycles. The summed E-state index contributed by atoms with van der Waals surface area (Å²) in [6.45, 7) is 15.3. The number of fused-ring (bicyclic) bond motifs is 6. The Morgan fingerprint density at radius 2 is 0.958 bits per heavy atom. The fraction of sp³-hybridized carbons (Fsp3) is 0. The van der Waals surface area contributed by atoms with Crippen molar-refractivity contribution >= 4 is 55.0 Å². The first kappa shape index (κ1) is 27.8. The molecule has 0 saturated heterocycles. The smallest absolute Gasteiger partial charge is 0.188 e. The largest absolute Gasteiger partial charge is 0.307 e. The van der Waals surface area contributed by atoms with Crippen LogP contribution in [0.5, 0.6) is 0 Å². The SMILES string of the molecule is [C-]#[N+]c1ccc2c(c1)c1cc([N+]#[C-])ccc1n2-c1cncc(-n2c3ccc(C#N)cc3c3cc(C#N)ccc32)c1-c1cccc(C#N)c1. The van der Waals surface area contributed by atoms with Crippen LogP contribution in [-0.4, -0.2) is 14.1 Å². The summed E-state index contributed by atoms with van der Waals surface area (Å²) in [7, 11) is 0. The molecule has 0 fully saturated rings. The van der Waals surface area contributed by atoms with Gasteiger partial charge >= 0.3 is 0 Å². The van der Waals surface area contributed by atoms with Crippen molar-refractivity contribution in [2.45, 2.75) is 0 Å². The van der Waals surface area contributed by atoms with Crippen molar-refractivity contribution < 1.29 is 0 Å². The van der Waals surface area contributed by atoms with E-state index in [1.807, 2.05) is 66.7 Å². The maximum Gasteiger partial charge on any atom is 0.188 e. The minimum Gasteiger partial charge on any atom is -0.307 e. The zero-order valence-corrected chi connectivity index (χ0v) is 25.0. The van der Waals surface area contributed by atoms with E-state index in [0.717, 1.165) is 66.1 Å². The van der Waals surface area contributed by atoms with Gasteiger partial charge in [0.1, 0.15) is 0 Å². The Labute approximate surface area is 274 Å². The summed E-state index contributed by atoms with van der Waals surface area (Å²) in [5.41, 5.74) is 8.79. The van der Waals surface area contributed by atoms with E-state index >= 15 is 0 Å². The van der Waals surface area contributed by atoms with Gasteiger partial charge in [-0.2, -0.15) is 15.8 Å². The van der Waals surface area contributed by atoms with Crippen LogP contribution < -0.4 is 0 Å². The number of benzene rings is 5. The zero-order chi connectivity index (χ0) is 32.9. The number of nitrogens with zero attached hydrogens (tertiary/aromatic N) is 8. The molecule has 48 heavy (non-hydrogen) atoms. The number of hydrogen-bond acceptors (Lipinski definition) is 4. The fourth-order valence-electron chi connectivity index (χ4n) is 6.64. The normalized spacial score (nSPS) is 10.8. The molecule has 0 unspecified atom stereocenters. The van der Waals surface area contributed by atoms with Gasteiger partial charge in [0.15, 0.2) is 11.4 Å². The highest BCUT2D eigenvalue weighted by molar-refractivity contribution is 6.13. The van der Waals surface area contributed by atoms with E-state index in [2.05, 4.69) is 37.0 Å². The van der Waals surface area contributed by atoms with Gasteiger partial charge in [-0.3, -0.25) is 4.98 Å². The van der Waals surface area contributed by atoms with Crippen molar-refractivity contribution in [1.82, 2.24) is 14.1 Å². The van der Waals surface area contributed by atoms with Crippen molar-refractivity contribution in [2.75, 3.05) is 0 Å². The number of hydrogen-bond donors (Lipinski definition) is 0. The van der Waals surface area contributed by atoms with E-state index in [1.54, 1.807) is 42.7 Å². The molecule has 3 aromatic heterocycles. The van der Waals surface area contributed by atoms with Crippen LogP contribution in [0.25, 0.3) is 75.8 Å². The average molecular weight is 611 g/mol. The molecule has 0 saturated carbocycles. The summed E-state index contributed by atoms with van der Waals surface area (Å²) >= 11 is 0. The molecule has 8 rings (SSSR count). The van der Waals surface area contributed by atoms with E-state index < -0.39 is 0 Å². The van der Waals surface area contributed by atoms with Crippen molar-refractivity contribution in [3.63, 3.8) is 0 Å². The molecule has 0 spiro atoms. The predicted octanol–water partition coefficient (Wildman–Crippen LogP) is 9.66. The number of aromatic nitrogens is 3. The van der Waals surface area contributed by atoms with E-state index in [4.69, 9.17) is 18.1 Å². The molecule has 5 aromatic carbocycles. The molecule has 218 valence electrons. The molecule has 0 aliphatic rings.